The van der Waals surface area contributed by atoms with Crippen LogP contribution in [0.2, 0.25) is 5.02 Å². The summed E-state index contributed by atoms with van der Waals surface area (Å²) in [7, 11) is 3.63. The van der Waals surface area contributed by atoms with E-state index in [4.69, 9.17) is 16.3 Å². The summed E-state index contributed by atoms with van der Waals surface area (Å²) in [6, 6.07) is 12.5. The van der Waals surface area contributed by atoms with Gasteiger partial charge in [0.25, 0.3) is 0 Å². The minimum Gasteiger partial charge on any atom is -0.456 e. The van der Waals surface area contributed by atoms with Crippen LogP contribution in [0.15, 0.2) is 53.6 Å². The molecule has 3 rings (SSSR count). The second-order valence-electron chi connectivity index (χ2n) is 5.26. The van der Waals surface area contributed by atoms with E-state index in [0.717, 1.165) is 5.56 Å². The molecule has 0 N–H and O–H groups in total. The number of ketones is 1. The molecule has 4 nitrogen and oxygen atoms in total. The number of hydrogen-bond donors (Lipinski definition) is 0. The van der Waals surface area contributed by atoms with Gasteiger partial charge in [-0.1, -0.05) is 29.8 Å². The van der Waals surface area contributed by atoms with Crippen LogP contribution in [0.5, 0.6) is 11.5 Å². The first kappa shape index (κ1) is 15.3. The molecule has 2 aromatic carbocycles. The number of rotatable bonds is 2. The topological polar surface area (TPSA) is 41.9 Å². The molecule has 1 heterocycles. The molecule has 0 bridgehead atoms. The van der Waals surface area contributed by atoms with Crippen LogP contribution in [0.4, 0.5) is 0 Å². The van der Waals surface area contributed by atoms with Gasteiger partial charge in [-0.05, 0) is 30.3 Å². The van der Waals surface area contributed by atoms with Gasteiger partial charge in [-0.15, -0.1) is 0 Å². The van der Waals surface area contributed by atoms with E-state index >= 15 is 0 Å². The minimum absolute atomic E-state index is 0.141. The number of fused-ring (bicyclic) bond motifs is 2. The van der Waals surface area contributed by atoms with Crippen LogP contribution in [0.1, 0.15) is 15.9 Å². The summed E-state index contributed by atoms with van der Waals surface area (Å²) in [6.07, 6.45) is 3.29. The van der Waals surface area contributed by atoms with E-state index in [1.165, 1.54) is 0 Å². The molecule has 0 atom stereocenters. The lowest BCUT2D eigenvalue weighted by Gasteiger charge is -2.07. The Kier molecular flexibility index (Phi) is 4.17. The summed E-state index contributed by atoms with van der Waals surface area (Å²) in [5, 5.41) is 6.29. The van der Waals surface area contributed by atoms with E-state index in [0.29, 0.717) is 27.7 Å². The number of nitrogens with zero attached hydrogens (tertiary/aromatic N) is 2. The van der Waals surface area contributed by atoms with Crippen molar-refractivity contribution in [3.63, 3.8) is 0 Å². The molecule has 23 heavy (non-hydrogen) atoms. The fourth-order valence-corrected chi connectivity index (χ4v) is 2.51. The summed E-state index contributed by atoms with van der Waals surface area (Å²) in [5.41, 5.74) is 1.69. The highest BCUT2D eigenvalue weighted by molar-refractivity contribution is 6.35. The molecule has 0 radical (unpaired) electrons. The molecule has 0 unspecified atom stereocenters. The lowest BCUT2D eigenvalue weighted by molar-refractivity contribution is 0.105. The van der Waals surface area contributed by atoms with Crippen molar-refractivity contribution >= 4 is 29.2 Å². The van der Waals surface area contributed by atoms with Crippen molar-refractivity contribution in [2.75, 3.05) is 14.1 Å². The maximum atomic E-state index is 12.9. The predicted octanol–water partition coefficient (Wildman–Crippen LogP) is 4.26. The first-order chi connectivity index (χ1) is 11.1. The first-order valence-corrected chi connectivity index (χ1v) is 7.47. The first-order valence-electron chi connectivity index (χ1n) is 7.09. The van der Waals surface area contributed by atoms with Gasteiger partial charge in [0.15, 0.2) is 5.78 Å². The number of Topliss-reactive ketones (excluding diaryl/α,β-unsaturated/α-hetero) is 1. The zero-order valence-electron chi connectivity index (χ0n) is 12.8. The van der Waals surface area contributed by atoms with Gasteiger partial charge in [-0.2, -0.15) is 5.10 Å². The van der Waals surface area contributed by atoms with Crippen molar-refractivity contribution in [3.8, 4) is 11.5 Å². The number of carbonyl (C=O) groups excluding carboxylic acids is 1. The zero-order valence-corrected chi connectivity index (χ0v) is 13.5. The number of para-hydroxylation sites is 1. The second-order valence-corrected chi connectivity index (χ2v) is 5.70. The molecule has 0 aliphatic carbocycles. The van der Waals surface area contributed by atoms with Crippen molar-refractivity contribution in [1.29, 1.82) is 0 Å². The molecular formula is C18H15ClN2O2. The highest BCUT2D eigenvalue weighted by Gasteiger charge is 2.25. The van der Waals surface area contributed by atoms with Crippen molar-refractivity contribution in [1.82, 2.24) is 5.01 Å². The largest absolute Gasteiger partial charge is 0.456 e. The van der Waals surface area contributed by atoms with Crippen molar-refractivity contribution < 1.29 is 9.53 Å². The Morgan fingerprint density at radius 2 is 1.83 bits per heavy atom. The molecule has 1 aliphatic heterocycles. The Labute approximate surface area is 139 Å². The Morgan fingerprint density at radius 3 is 2.61 bits per heavy atom. The van der Waals surface area contributed by atoms with Crippen molar-refractivity contribution in [2.24, 2.45) is 5.10 Å². The third-order valence-corrected chi connectivity index (χ3v) is 3.60. The van der Waals surface area contributed by atoms with E-state index in [9.17, 15) is 4.79 Å². The molecule has 116 valence electrons. The highest BCUT2D eigenvalue weighted by atomic mass is 35.5. The molecule has 0 aromatic heterocycles. The summed E-state index contributed by atoms with van der Waals surface area (Å²) < 4.78 is 5.91. The standard InChI is InChI=1S/C18H15ClN2O2/c1-21(2)20-10-9-14-13-5-3-4-6-16(13)23-17-8-7-12(19)11-15(17)18(14)22/h3-11H,1-2H3. The Hall–Kier alpha value is -2.59. The predicted molar refractivity (Wildman–Crippen MR) is 92.5 cm³/mol. The fraction of sp³-hybridized carbons (Fsp3) is 0.111. The van der Waals surface area contributed by atoms with E-state index < -0.39 is 0 Å². The normalized spacial score (nSPS) is 15.1. The number of benzene rings is 2. The van der Waals surface area contributed by atoms with Gasteiger partial charge in [0.05, 0.1) is 5.56 Å². The van der Waals surface area contributed by atoms with Crippen LogP contribution in [-0.2, 0) is 0 Å². The molecule has 0 spiro atoms. The molecule has 2 aromatic rings. The number of allylic oxidation sites excluding steroid dienone is 2. The SMILES string of the molecule is CN(C)N=CC=C1C(=O)c2cc(Cl)ccc2Oc2ccccc21. The molecule has 0 saturated carbocycles. The van der Waals surface area contributed by atoms with Crippen LogP contribution < -0.4 is 4.74 Å². The second kappa shape index (κ2) is 6.26. The van der Waals surface area contributed by atoms with Gasteiger partial charge in [0.2, 0.25) is 0 Å². The smallest absolute Gasteiger partial charge is 0.197 e. The van der Waals surface area contributed by atoms with Gasteiger partial charge < -0.3 is 9.75 Å². The Balaban J connectivity index is 2.19. The monoisotopic (exact) mass is 326 g/mol. The third-order valence-electron chi connectivity index (χ3n) is 3.37. The fourth-order valence-electron chi connectivity index (χ4n) is 2.34. The third kappa shape index (κ3) is 3.12. The van der Waals surface area contributed by atoms with Crippen LogP contribution >= 0.6 is 11.6 Å². The van der Waals surface area contributed by atoms with Gasteiger partial charge in [-0.3, -0.25) is 4.79 Å². The molecule has 0 amide bonds. The molecule has 1 aliphatic rings. The van der Waals surface area contributed by atoms with Gasteiger partial charge >= 0.3 is 0 Å². The lowest BCUT2D eigenvalue weighted by atomic mass is 9.96. The molecule has 0 fully saturated rings. The summed E-state index contributed by atoms with van der Waals surface area (Å²) in [4.78, 5) is 12.9. The lowest BCUT2D eigenvalue weighted by Crippen LogP contribution is -2.03. The maximum absolute atomic E-state index is 12.9. The maximum Gasteiger partial charge on any atom is 0.197 e. The minimum atomic E-state index is -0.141. The van der Waals surface area contributed by atoms with E-state index in [2.05, 4.69) is 5.10 Å². The molecule has 0 saturated heterocycles. The quantitative estimate of drug-likeness (QED) is 0.470. The Morgan fingerprint density at radius 1 is 1.09 bits per heavy atom. The summed E-state index contributed by atoms with van der Waals surface area (Å²) in [6.45, 7) is 0. The highest BCUT2D eigenvalue weighted by Crippen LogP contribution is 2.39. The summed E-state index contributed by atoms with van der Waals surface area (Å²) >= 11 is 6.04. The zero-order chi connectivity index (χ0) is 16.4. The van der Waals surface area contributed by atoms with Crippen molar-refractivity contribution in [2.45, 2.75) is 0 Å². The number of hydrazone groups is 1. The average Bonchev–Trinajstić information content (AvgIpc) is 2.63. The van der Waals surface area contributed by atoms with Gasteiger partial charge in [0, 0.05) is 36.5 Å². The van der Waals surface area contributed by atoms with Gasteiger partial charge in [-0.25, -0.2) is 0 Å². The van der Waals surface area contributed by atoms with Crippen molar-refractivity contribution in [3.05, 3.63) is 64.7 Å². The number of halogens is 1. The number of ether oxygens (including phenoxy) is 1. The van der Waals surface area contributed by atoms with Crippen LogP contribution in [0.3, 0.4) is 0 Å². The van der Waals surface area contributed by atoms with Crippen LogP contribution in [-0.4, -0.2) is 31.1 Å². The van der Waals surface area contributed by atoms with Crippen LogP contribution in [0.25, 0.3) is 5.57 Å². The summed E-state index contributed by atoms with van der Waals surface area (Å²) in [5.74, 6) is 0.990. The van der Waals surface area contributed by atoms with E-state index in [1.54, 1.807) is 35.5 Å². The Bertz CT molecular complexity index is 826. The van der Waals surface area contributed by atoms with E-state index in [1.807, 2.05) is 38.4 Å². The molecule has 5 heteroatoms. The van der Waals surface area contributed by atoms with E-state index in [-0.39, 0.29) is 5.78 Å². The molecular weight excluding hydrogens is 312 g/mol. The van der Waals surface area contributed by atoms with Crippen LogP contribution in [0, 0.1) is 0 Å². The van der Waals surface area contributed by atoms with Gasteiger partial charge in [0.1, 0.15) is 11.5 Å². The average molecular weight is 327 g/mol. The number of carbonyl (C=O) groups is 1. The number of hydrogen-bond acceptors (Lipinski definition) is 4.